The lowest BCUT2D eigenvalue weighted by molar-refractivity contribution is -0.138. The predicted octanol–water partition coefficient (Wildman–Crippen LogP) is 5.90. The fourth-order valence-electron chi connectivity index (χ4n) is 5.72. The van der Waals surface area contributed by atoms with E-state index in [1.54, 1.807) is 6.20 Å². The molecule has 0 radical (unpaired) electrons. The Morgan fingerprint density at radius 3 is 2.63 bits per heavy atom. The number of aromatic nitrogens is 2. The Balaban J connectivity index is 1.22. The lowest BCUT2D eigenvalue weighted by Gasteiger charge is -2.49. The summed E-state index contributed by atoms with van der Waals surface area (Å²) in [7, 11) is 2.14. The van der Waals surface area contributed by atoms with E-state index < -0.39 is 11.7 Å². The summed E-state index contributed by atoms with van der Waals surface area (Å²) in [6.45, 7) is 1.91. The van der Waals surface area contributed by atoms with Crippen molar-refractivity contribution in [3.63, 3.8) is 0 Å². The monoisotopic (exact) mass is 559 g/mol. The summed E-state index contributed by atoms with van der Waals surface area (Å²) < 4.78 is 42.2. The minimum absolute atomic E-state index is 0.0337. The number of piperidine rings is 1. The van der Waals surface area contributed by atoms with Gasteiger partial charge < -0.3 is 9.80 Å². The molecule has 1 aromatic heterocycles. The van der Waals surface area contributed by atoms with Crippen molar-refractivity contribution >= 4 is 51.4 Å². The first-order valence-corrected chi connectivity index (χ1v) is 13.7. The van der Waals surface area contributed by atoms with E-state index in [0.717, 1.165) is 48.1 Å². The quantitative estimate of drug-likeness (QED) is 0.374. The molecular formula is C27H25ClF3N5OS. The van der Waals surface area contributed by atoms with Gasteiger partial charge in [-0.25, -0.2) is 0 Å². The van der Waals surface area contributed by atoms with Crippen molar-refractivity contribution in [2.75, 3.05) is 20.1 Å². The Kier molecular flexibility index (Phi) is 6.52. The number of rotatable bonds is 3. The molecule has 0 spiro atoms. The zero-order chi connectivity index (χ0) is 26.6. The van der Waals surface area contributed by atoms with Crippen LogP contribution in [0.15, 0.2) is 52.5 Å². The molecule has 4 heterocycles. The number of halogens is 4. The van der Waals surface area contributed by atoms with E-state index in [-0.39, 0.29) is 23.0 Å². The number of amidine groups is 1. The number of amides is 1. The molecule has 38 heavy (non-hydrogen) atoms. The first-order chi connectivity index (χ1) is 18.2. The van der Waals surface area contributed by atoms with Crippen molar-refractivity contribution in [1.29, 1.82) is 0 Å². The molecule has 2 saturated heterocycles. The number of likely N-dealkylation sites (tertiary alicyclic amines) is 1. The van der Waals surface area contributed by atoms with Crippen LogP contribution in [-0.4, -0.2) is 62.9 Å². The van der Waals surface area contributed by atoms with Crippen LogP contribution >= 0.6 is 23.4 Å². The summed E-state index contributed by atoms with van der Waals surface area (Å²) in [4.78, 5) is 22.5. The minimum Gasteiger partial charge on any atom is -0.342 e. The van der Waals surface area contributed by atoms with E-state index in [1.165, 1.54) is 35.0 Å². The predicted molar refractivity (Wildman–Crippen MR) is 144 cm³/mol. The topological polar surface area (TPSA) is 53.7 Å². The van der Waals surface area contributed by atoms with Crippen molar-refractivity contribution in [3.8, 4) is 0 Å². The number of alkyl halides is 3. The highest BCUT2D eigenvalue weighted by atomic mass is 35.5. The lowest BCUT2D eigenvalue weighted by Crippen LogP contribution is -2.60. The molecule has 2 unspecified atom stereocenters. The second-order valence-corrected chi connectivity index (χ2v) is 11.5. The lowest BCUT2D eigenvalue weighted by atomic mass is 9.92. The van der Waals surface area contributed by atoms with Gasteiger partial charge in [0.05, 0.1) is 28.7 Å². The zero-order valence-electron chi connectivity index (χ0n) is 20.6. The van der Waals surface area contributed by atoms with Crippen molar-refractivity contribution in [3.05, 3.63) is 69.2 Å². The first-order valence-electron chi connectivity index (χ1n) is 12.5. The molecule has 0 aliphatic carbocycles. The second-order valence-electron chi connectivity index (χ2n) is 10.1. The average molecular weight is 560 g/mol. The van der Waals surface area contributed by atoms with Crippen LogP contribution in [0.1, 0.15) is 36.0 Å². The number of piperazine rings is 1. The Morgan fingerprint density at radius 2 is 1.89 bits per heavy atom. The number of benzene rings is 2. The molecule has 0 N–H and O–H groups in total. The van der Waals surface area contributed by atoms with E-state index in [0.29, 0.717) is 22.5 Å². The van der Waals surface area contributed by atoms with E-state index in [9.17, 15) is 18.0 Å². The zero-order valence-corrected chi connectivity index (χ0v) is 22.2. The smallest absolute Gasteiger partial charge is 0.342 e. The first kappa shape index (κ1) is 25.5. The number of hydrogen-bond acceptors (Lipinski definition) is 5. The number of likely N-dealkylation sites (N-methyl/N-ethyl adjacent to an activating group) is 1. The number of hydrogen-bond donors (Lipinski definition) is 0. The molecule has 0 saturated carbocycles. The maximum atomic E-state index is 13.5. The van der Waals surface area contributed by atoms with Crippen molar-refractivity contribution < 1.29 is 18.0 Å². The molecule has 3 aliphatic heterocycles. The van der Waals surface area contributed by atoms with Gasteiger partial charge in [0.2, 0.25) is 0 Å². The van der Waals surface area contributed by atoms with Gasteiger partial charge in [0.1, 0.15) is 0 Å². The Labute approximate surface area is 227 Å². The SMILES string of the molecule is CN1CC2CCCC(C1)N2C1=NC(=O)C(=Cc2ccc3c(cnn3Cc3ccc(Cl)cc3C(F)(F)F)c2)S1. The molecule has 3 aliphatic rings. The highest BCUT2D eigenvalue weighted by molar-refractivity contribution is 8.18. The molecule has 3 aromatic rings. The van der Waals surface area contributed by atoms with Crippen molar-refractivity contribution in [1.82, 2.24) is 19.6 Å². The van der Waals surface area contributed by atoms with Crippen LogP contribution in [0.5, 0.6) is 0 Å². The van der Waals surface area contributed by atoms with E-state index >= 15 is 0 Å². The van der Waals surface area contributed by atoms with Crippen LogP contribution in [0.4, 0.5) is 13.2 Å². The summed E-state index contributed by atoms with van der Waals surface area (Å²) in [5.74, 6) is -0.236. The third-order valence-electron chi connectivity index (χ3n) is 7.40. The molecule has 2 aromatic carbocycles. The van der Waals surface area contributed by atoms with E-state index in [1.807, 2.05) is 24.3 Å². The average Bonchev–Trinajstić information content (AvgIpc) is 3.41. The maximum Gasteiger partial charge on any atom is 0.416 e. The van der Waals surface area contributed by atoms with Crippen LogP contribution in [0.3, 0.4) is 0 Å². The van der Waals surface area contributed by atoms with Crippen molar-refractivity contribution in [2.45, 2.75) is 44.1 Å². The summed E-state index contributed by atoms with van der Waals surface area (Å²) in [6, 6.07) is 10.1. The van der Waals surface area contributed by atoms with Crippen LogP contribution in [0.25, 0.3) is 17.0 Å². The number of nitrogens with zero attached hydrogens (tertiary/aromatic N) is 5. The van der Waals surface area contributed by atoms with Crippen LogP contribution < -0.4 is 0 Å². The minimum atomic E-state index is -4.52. The van der Waals surface area contributed by atoms with E-state index in [4.69, 9.17) is 11.6 Å². The Morgan fingerprint density at radius 1 is 1.13 bits per heavy atom. The highest BCUT2D eigenvalue weighted by Gasteiger charge is 2.40. The molecule has 1 amide bonds. The van der Waals surface area contributed by atoms with Gasteiger partial charge in [0.15, 0.2) is 5.17 Å². The molecule has 198 valence electrons. The summed E-state index contributed by atoms with van der Waals surface area (Å²) in [5.41, 5.74) is 0.824. The number of carbonyl (C=O) groups excluding carboxylic acids is 1. The van der Waals surface area contributed by atoms with Crippen LogP contribution in [0, 0.1) is 0 Å². The van der Waals surface area contributed by atoms with Gasteiger partial charge in [-0.05, 0) is 79.5 Å². The highest BCUT2D eigenvalue weighted by Crippen LogP contribution is 2.38. The van der Waals surface area contributed by atoms with Gasteiger partial charge >= 0.3 is 6.18 Å². The van der Waals surface area contributed by atoms with Crippen molar-refractivity contribution in [2.24, 2.45) is 4.99 Å². The molecule has 2 fully saturated rings. The molecular weight excluding hydrogens is 535 g/mol. The number of fused-ring (bicyclic) bond motifs is 3. The largest absolute Gasteiger partial charge is 0.416 e. The van der Waals surface area contributed by atoms with Crippen LogP contribution in [0.2, 0.25) is 5.02 Å². The van der Waals surface area contributed by atoms with Gasteiger partial charge in [0.25, 0.3) is 5.91 Å². The second kappa shape index (κ2) is 9.73. The normalized spacial score (nSPS) is 23.5. The molecule has 6 nitrogen and oxygen atoms in total. The third kappa shape index (κ3) is 4.85. The van der Waals surface area contributed by atoms with Gasteiger partial charge in [-0.1, -0.05) is 23.7 Å². The third-order valence-corrected chi connectivity index (χ3v) is 8.63. The maximum absolute atomic E-state index is 13.5. The number of aliphatic imine (C=N–C) groups is 1. The van der Waals surface area contributed by atoms with Gasteiger partial charge in [-0.2, -0.15) is 23.3 Å². The fourth-order valence-corrected chi connectivity index (χ4v) is 6.95. The molecule has 11 heteroatoms. The molecule has 6 rings (SSSR count). The number of carbonyl (C=O) groups is 1. The Hall–Kier alpha value is -2.82. The van der Waals surface area contributed by atoms with Gasteiger partial charge in [-0.15, -0.1) is 0 Å². The Bertz CT molecular complexity index is 1470. The molecule has 2 bridgehead atoms. The number of thioether (sulfide) groups is 1. The van der Waals surface area contributed by atoms with Crippen LogP contribution in [-0.2, 0) is 17.5 Å². The summed E-state index contributed by atoms with van der Waals surface area (Å²) in [6.07, 6.45) is 2.35. The van der Waals surface area contributed by atoms with Gasteiger partial charge in [-0.3, -0.25) is 9.48 Å². The standard InChI is InChI=1S/C27H25ClF3N5OS/c1-34-14-20-3-2-4-21(15-34)36(20)26-33-25(37)24(38-26)10-16-5-8-23-18(9-16)12-32-35(23)13-17-6-7-19(28)11-22(17)27(29,30)31/h5-12,20-21H,2-4,13-15H2,1H3. The van der Waals surface area contributed by atoms with E-state index in [2.05, 4.69) is 26.9 Å². The summed E-state index contributed by atoms with van der Waals surface area (Å²) >= 11 is 7.24. The fraction of sp³-hybridized carbons (Fsp3) is 0.370. The summed E-state index contributed by atoms with van der Waals surface area (Å²) in [5, 5.41) is 5.92. The van der Waals surface area contributed by atoms with Gasteiger partial charge in [0, 0.05) is 35.6 Å². The molecule has 2 atom stereocenters.